The highest BCUT2D eigenvalue weighted by Gasteiger charge is 2.54. The van der Waals surface area contributed by atoms with Crippen LogP contribution in [0.3, 0.4) is 0 Å². The van der Waals surface area contributed by atoms with Crippen molar-refractivity contribution in [2.75, 3.05) is 20.4 Å². The Kier molecular flexibility index (Phi) is 7.37. The van der Waals surface area contributed by atoms with Crippen molar-refractivity contribution in [1.29, 1.82) is 0 Å². The Labute approximate surface area is 527 Å². The van der Waals surface area contributed by atoms with Gasteiger partial charge < -0.3 is 28.4 Å². The normalized spacial score (nSPS) is 29.4. The number of rotatable bonds is 12. The predicted molar refractivity (Wildman–Crippen MR) is 301 cm³/mol. The molecule has 0 aliphatic carbocycles. The van der Waals surface area contributed by atoms with Crippen molar-refractivity contribution in [2.24, 2.45) is 0 Å². The Morgan fingerprint density at radius 1 is 0.301 bits per heavy atom. The van der Waals surface area contributed by atoms with Crippen LogP contribution in [0.25, 0.3) is 0 Å². The van der Waals surface area contributed by atoms with Gasteiger partial charge in [0.1, 0.15) is 0 Å². The molecule has 1 radical (unpaired) electrons. The van der Waals surface area contributed by atoms with Crippen LogP contribution in [0.1, 0.15) is 200 Å². The van der Waals surface area contributed by atoms with Crippen molar-refractivity contribution in [3.8, 4) is 0 Å². The Morgan fingerprint density at radius 3 is 0.616 bits per heavy atom. The van der Waals surface area contributed by atoms with Crippen molar-refractivity contribution < 1.29 is 107 Å². The van der Waals surface area contributed by atoms with Crippen LogP contribution in [0.4, 0.5) is 0 Å². The lowest BCUT2D eigenvalue weighted by atomic mass is 9.83. The Bertz CT molecular complexity index is 3600. The van der Waals surface area contributed by atoms with E-state index < -0.39 is 261 Å². The van der Waals surface area contributed by atoms with E-state index in [-0.39, 0.29) is 141 Å². The molecule has 0 saturated carbocycles. The molecule has 0 aromatic heterocycles. The van der Waals surface area contributed by atoms with E-state index in [2.05, 4.69) is 0 Å². The predicted octanol–water partition coefficient (Wildman–Crippen LogP) is 15.3. The van der Waals surface area contributed by atoms with Gasteiger partial charge in [0.15, 0.2) is 0 Å². The SMILES string of the molecule is [2H]C([2H])([2H])C1(C([2H])([2H])[2H])Sc2c(c(C(=O)OCOC(C)=O)c3c(c2[C](c2c4c(c(C(=O)OCOC(C)=O)c5c2SC(C([2H])([2H])[2H])(C([2H])([2H])[2H])S5)SC(C([2H])([2H])[2H])(C([2H])([2H])[2H])S4)c2c4c(c(C(=O)OCOC(C)=O)c5c2SC(C([2H])([2H])[2H])(C([2H])([2H])[2H])S5)SC(C([2H])([2H])[2H])(C([2H])([2H])[2H])S4)SC(C([2H])([2H])[2H])(C([2H])([2H])[2H])S3)S1. The summed E-state index contributed by atoms with van der Waals surface area (Å²) in [6, 6.07) is 0. The van der Waals surface area contributed by atoms with Gasteiger partial charge in [-0.25, -0.2) is 14.4 Å². The summed E-state index contributed by atoms with van der Waals surface area (Å²) in [4.78, 5) is 70.5. The van der Waals surface area contributed by atoms with Crippen LogP contribution in [-0.2, 0) is 42.8 Å². The standard InChI is InChI=1S/C49H51O12S12/c1-19(50)56-16-59-41(53)26-35-29(62-44(4,5)68-35)23(30-36(26)69-45(6,7)63-30)22(24-31-37(70-46(8,9)64-31)27(42(54)60-17-57-20(2)51)38-32(24)65-47(10,11)71-38)25-33-39(72-48(12,13)66-33)28(43(55)61-18-58-21(3)52)40-34(25)67-49(14,15)73-40/h16-18H2,1-15H3/i4D3,5D3,6D3,7D3,8D3,9D3,10D3,11D3,12D3,13D3,14D3,15D3. The van der Waals surface area contributed by atoms with Crippen molar-refractivity contribution >= 4 is 177 Å². The van der Waals surface area contributed by atoms with Crippen LogP contribution < -0.4 is 0 Å². The number of hydrogen-bond donors (Lipinski definition) is 0. The summed E-state index contributed by atoms with van der Waals surface area (Å²) in [6.07, 6.45) is 0. The second-order valence-electron chi connectivity index (χ2n) is 15.1. The van der Waals surface area contributed by atoms with Crippen molar-refractivity contribution in [1.82, 2.24) is 0 Å². The molecule has 6 aliphatic rings. The Balaban J connectivity index is 1.75. The van der Waals surface area contributed by atoms with Crippen LogP contribution in [0, 0.1) is 5.92 Å². The maximum atomic E-state index is 15.4. The molecule has 12 nitrogen and oxygen atoms in total. The van der Waals surface area contributed by atoms with E-state index in [0.29, 0.717) is 0 Å². The van der Waals surface area contributed by atoms with Gasteiger partial charge in [-0.3, -0.25) is 14.4 Å². The van der Waals surface area contributed by atoms with Gasteiger partial charge in [-0.1, -0.05) is 0 Å². The van der Waals surface area contributed by atoms with E-state index in [1.54, 1.807) is 0 Å². The van der Waals surface area contributed by atoms with E-state index in [1.807, 2.05) is 0 Å². The minimum Gasteiger partial charge on any atom is -0.428 e. The minimum atomic E-state index is -3.98. The molecular weight excluding hydrogens is 1170 g/mol. The quantitative estimate of drug-likeness (QED) is 0.0729. The molecule has 3 aromatic carbocycles. The third kappa shape index (κ3) is 11.2. The molecule has 73 heavy (non-hydrogen) atoms. The Morgan fingerprint density at radius 2 is 0.466 bits per heavy atom. The first kappa shape index (κ1) is 26.8. The monoisotopic (exact) mass is 1250 g/mol. The number of ether oxygens (including phenoxy) is 6. The first-order valence-corrected chi connectivity index (χ1v) is 29.4. The maximum absolute atomic E-state index is 15.4. The third-order valence-electron chi connectivity index (χ3n) is 9.63. The largest absolute Gasteiger partial charge is 0.428 e. The fourth-order valence-corrected chi connectivity index (χ4v) is 22.6. The fourth-order valence-electron chi connectivity index (χ4n) is 7.33. The highest BCUT2D eigenvalue weighted by molar-refractivity contribution is 8.23. The van der Waals surface area contributed by atoms with E-state index in [1.165, 1.54) is 0 Å². The van der Waals surface area contributed by atoms with Gasteiger partial charge >= 0.3 is 35.8 Å². The van der Waals surface area contributed by atoms with Crippen LogP contribution in [-0.4, -0.2) is 80.7 Å². The van der Waals surface area contributed by atoms with Crippen molar-refractivity contribution in [3.63, 3.8) is 0 Å². The second kappa shape index (κ2) is 20.1. The summed E-state index contributed by atoms with van der Waals surface area (Å²) < 4.78 is 339. The molecule has 0 atom stereocenters. The summed E-state index contributed by atoms with van der Waals surface area (Å²) in [5, 5.41) is 0. The lowest BCUT2D eigenvalue weighted by Gasteiger charge is -2.31. The highest BCUT2D eigenvalue weighted by Crippen LogP contribution is 2.74. The molecule has 3 aromatic rings. The second-order valence-corrected chi connectivity index (χ2v) is 31.3. The number of hydrogen-bond acceptors (Lipinski definition) is 24. The topological polar surface area (TPSA) is 158 Å². The highest BCUT2D eigenvalue weighted by atomic mass is 32.2. The molecule has 6 heterocycles. The van der Waals surface area contributed by atoms with Gasteiger partial charge in [-0.15, -0.1) is 141 Å². The smallest absolute Gasteiger partial charge is 0.343 e. The summed E-state index contributed by atoms with van der Waals surface area (Å²) >= 11 is -3.30. The van der Waals surface area contributed by atoms with Crippen molar-refractivity contribution in [2.45, 2.75) is 186 Å². The molecule has 0 N–H and O–H groups in total. The minimum absolute atomic E-state index is 0.259. The van der Waals surface area contributed by atoms with E-state index in [0.717, 1.165) is 20.8 Å². The number of thioether (sulfide) groups is 12. The van der Waals surface area contributed by atoms with Gasteiger partial charge in [0.25, 0.3) is 0 Å². The van der Waals surface area contributed by atoms with Gasteiger partial charge in [0, 0.05) is 129 Å². The zero-order valence-corrected chi connectivity index (χ0v) is 46.2. The summed E-state index contributed by atoms with van der Waals surface area (Å²) in [5.74, 6) is -10.3. The van der Waals surface area contributed by atoms with Crippen LogP contribution in [0.15, 0.2) is 58.7 Å². The van der Waals surface area contributed by atoms with E-state index in [4.69, 9.17) is 77.8 Å². The van der Waals surface area contributed by atoms with Gasteiger partial charge in [0.2, 0.25) is 20.4 Å². The molecule has 0 spiro atoms. The first-order valence-electron chi connectivity index (χ1n) is 37.6. The zero-order valence-electron chi connectivity index (χ0n) is 72.4. The molecule has 6 aliphatic heterocycles. The number of benzene rings is 3. The molecule has 0 amide bonds. The summed E-state index contributed by atoms with van der Waals surface area (Å²) in [6.45, 7) is -49.5. The van der Waals surface area contributed by atoms with E-state index in [9.17, 15) is 14.4 Å². The number of carbonyl (C=O) groups excluding carboxylic acids is 6. The van der Waals surface area contributed by atoms with Gasteiger partial charge in [0.05, 0.1) is 47.1 Å². The lowest BCUT2D eigenvalue weighted by Crippen LogP contribution is -2.19. The maximum Gasteiger partial charge on any atom is 0.343 e. The molecule has 0 unspecified atom stereocenters. The number of carbonyl (C=O) groups is 6. The van der Waals surface area contributed by atoms with E-state index >= 15 is 14.4 Å². The first-order chi connectivity index (χ1) is 48.8. The van der Waals surface area contributed by atoms with Crippen LogP contribution in [0.5, 0.6) is 0 Å². The van der Waals surface area contributed by atoms with Crippen LogP contribution >= 0.6 is 141 Å². The third-order valence-corrected chi connectivity index (χ3v) is 24.2. The van der Waals surface area contributed by atoms with Gasteiger partial charge in [-0.05, 0) is 98.9 Å². The number of esters is 6. The summed E-state index contributed by atoms with van der Waals surface area (Å²) in [7, 11) is 0. The molecular formula is C49H51O12S12. The van der Waals surface area contributed by atoms with Crippen molar-refractivity contribution in [3.05, 3.63) is 39.3 Å². The molecule has 0 saturated heterocycles. The molecule has 24 heteroatoms. The average Bonchev–Trinajstić information content (AvgIpc) is 1.51. The molecule has 391 valence electrons. The Hall–Kier alpha value is -1.32. The average molecular weight is 1250 g/mol. The molecule has 0 bridgehead atoms. The lowest BCUT2D eigenvalue weighted by molar-refractivity contribution is -0.150. The zero-order chi connectivity index (χ0) is 83.3. The molecule has 0 fully saturated rings. The van der Waals surface area contributed by atoms with Crippen LogP contribution in [0.2, 0.25) is 0 Å². The fraction of sp³-hybridized carbons (Fsp3) is 0.490. The van der Waals surface area contributed by atoms with Gasteiger partial charge in [-0.2, -0.15) is 0 Å². The summed E-state index contributed by atoms with van der Waals surface area (Å²) in [5.41, 5.74) is -7.06. The number of fused-ring (bicyclic) bond motifs is 6. The molecule has 9 rings (SSSR count).